The van der Waals surface area contributed by atoms with Gasteiger partial charge in [0.05, 0.1) is 42.7 Å². The van der Waals surface area contributed by atoms with Crippen LogP contribution in [-0.4, -0.2) is 74.4 Å². The normalized spacial score (nSPS) is 16.9. The lowest BCUT2D eigenvalue weighted by molar-refractivity contribution is 0.0679. The van der Waals surface area contributed by atoms with E-state index in [9.17, 15) is 12.8 Å². The molecule has 3 N–H and O–H groups in total. The minimum Gasteiger partial charge on any atom is -0.378 e. The second-order valence-electron chi connectivity index (χ2n) is 9.73. The molecule has 1 aromatic carbocycles. The average Bonchev–Trinajstić information content (AvgIpc) is 3.00. The number of morpholine rings is 1. The van der Waals surface area contributed by atoms with E-state index in [0.717, 1.165) is 30.0 Å². The van der Waals surface area contributed by atoms with E-state index in [1.165, 1.54) is 12.1 Å². The summed E-state index contributed by atoms with van der Waals surface area (Å²) in [6.07, 6.45) is 2.21. The summed E-state index contributed by atoms with van der Waals surface area (Å²) in [5.74, 6) is 0.248. The molecule has 5 rings (SSSR count). The number of rotatable bonds is 10. The molecule has 13 heteroatoms. The van der Waals surface area contributed by atoms with Crippen LogP contribution in [0.1, 0.15) is 37.2 Å². The predicted molar refractivity (Wildman–Crippen MR) is 156 cm³/mol. The number of hydrogen-bond donors (Lipinski definition) is 3. The molecule has 0 bridgehead atoms. The smallest absolute Gasteiger partial charge is 0.232 e. The second kappa shape index (κ2) is 12.8. The van der Waals surface area contributed by atoms with Crippen molar-refractivity contribution in [2.75, 3.05) is 60.6 Å². The highest BCUT2D eigenvalue weighted by Gasteiger charge is 2.29. The van der Waals surface area contributed by atoms with E-state index >= 15 is 4.39 Å². The number of hydrogen-bond acceptors (Lipinski definition) is 9. The first-order chi connectivity index (χ1) is 19.9. The molecule has 1 atom stereocenters. The number of ether oxygens (including phenoxy) is 1. The maximum absolute atomic E-state index is 15.6. The summed E-state index contributed by atoms with van der Waals surface area (Å²) in [4.78, 5) is 16.4. The molecule has 218 valence electrons. The summed E-state index contributed by atoms with van der Waals surface area (Å²) >= 11 is 0. The van der Waals surface area contributed by atoms with Gasteiger partial charge in [-0.3, -0.25) is 9.11 Å². The van der Waals surface area contributed by atoms with Crippen LogP contribution >= 0.6 is 0 Å². The Morgan fingerprint density at radius 2 is 1.98 bits per heavy atom. The first-order valence-corrected chi connectivity index (χ1v) is 15.3. The summed E-state index contributed by atoms with van der Waals surface area (Å²) in [6, 6.07) is 11.8. The number of nitrogens with zero attached hydrogens (tertiary/aromatic N) is 4. The van der Waals surface area contributed by atoms with Crippen LogP contribution in [0, 0.1) is 5.82 Å². The number of halogens is 2. The van der Waals surface area contributed by atoms with Crippen molar-refractivity contribution in [1.82, 2.24) is 14.9 Å². The molecular formula is C28H33F2N7O3S. The Hall–Kier alpha value is -3.84. The van der Waals surface area contributed by atoms with E-state index in [1.807, 2.05) is 18.2 Å². The number of benzene rings is 1. The van der Waals surface area contributed by atoms with Gasteiger partial charge in [0.25, 0.3) is 0 Å². The fraction of sp³-hybridized carbons (Fsp3) is 0.393. The van der Waals surface area contributed by atoms with E-state index in [1.54, 1.807) is 18.3 Å². The van der Waals surface area contributed by atoms with Gasteiger partial charge in [-0.05, 0) is 49.2 Å². The minimum absolute atomic E-state index is 0.126. The van der Waals surface area contributed by atoms with Crippen LogP contribution in [-0.2, 0) is 14.8 Å². The molecule has 1 fully saturated rings. The first kappa shape index (κ1) is 28.7. The van der Waals surface area contributed by atoms with Crippen LogP contribution in [0.15, 0.2) is 53.7 Å². The number of anilines is 3. The average molecular weight is 586 g/mol. The summed E-state index contributed by atoms with van der Waals surface area (Å²) < 4.78 is 60.4. The lowest BCUT2D eigenvalue weighted by Crippen LogP contribution is -2.43. The standard InChI is InChI=1S/C28H33F2N7O3S/c1-2-12-31-24-10-7-19(18-32-24)27-34-23-9-8-21(33-26(23)28(35-27)37-13-15-40-16-14-37)20-5-3-6-22(25(20)30)36-41(38,39)17-4-11-29/h3,5-10,18,27,34,36H,2,4,11-17H2,1H3,(H,31,32). The molecule has 2 aliphatic heterocycles. The Morgan fingerprint density at radius 3 is 2.71 bits per heavy atom. The maximum Gasteiger partial charge on any atom is 0.232 e. The molecule has 4 heterocycles. The minimum atomic E-state index is -3.90. The van der Waals surface area contributed by atoms with Gasteiger partial charge < -0.3 is 20.3 Å². The Bertz CT molecular complexity index is 1500. The molecule has 1 saturated heterocycles. The van der Waals surface area contributed by atoms with Crippen LogP contribution in [0.4, 0.5) is 26.0 Å². The lowest BCUT2D eigenvalue weighted by Gasteiger charge is -2.34. The first-order valence-electron chi connectivity index (χ1n) is 13.6. The van der Waals surface area contributed by atoms with Crippen molar-refractivity contribution >= 4 is 33.1 Å². The van der Waals surface area contributed by atoms with Gasteiger partial charge >= 0.3 is 0 Å². The molecule has 0 saturated carbocycles. The quantitative estimate of drug-likeness (QED) is 0.320. The van der Waals surface area contributed by atoms with E-state index < -0.39 is 34.4 Å². The number of alkyl halides is 1. The van der Waals surface area contributed by atoms with Crippen LogP contribution in [0.25, 0.3) is 11.3 Å². The van der Waals surface area contributed by atoms with Crippen LogP contribution in [0.2, 0.25) is 0 Å². The molecule has 0 amide bonds. The number of amidine groups is 1. The molecule has 0 spiro atoms. The van der Waals surface area contributed by atoms with E-state index in [4.69, 9.17) is 14.7 Å². The Kier molecular flexibility index (Phi) is 8.93. The number of fused-ring (bicyclic) bond motifs is 1. The fourth-order valence-electron chi connectivity index (χ4n) is 4.62. The van der Waals surface area contributed by atoms with Gasteiger partial charge in [-0.15, -0.1) is 0 Å². The van der Waals surface area contributed by atoms with Gasteiger partial charge in [-0.2, -0.15) is 0 Å². The van der Waals surface area contributed by atoms with Gasteiger partial charge in [-0.1, -0.05) is 13.0 Å². The molecule has 10 nitrogen and oxygen atoms in total. The molecule has 41 heavy (non-hydrogen) atoms. The number of aliphatic imine (C=N–C) groups is 1. The Morgan fingerprint density at radius 1 is 1.15 bits per heavy atom. The van der Waals surface area contributed by atoms with E-state index in [-0.39, 0.29) is 17.7 Å². The van der Waals surface area contributed by atoms with Crippen LogP contribution < -0.4 is 15.4 Å². The highest BCUT2D eigenvalue weighted by atomic mass is 32.2. The Balaban J connectivity index is 1.48. The van der Waals surface area contributed by atoms with Crippen molar-refractivity contribution in [2.24, 2.45) is 4.99 Å². The lowest BCUT2D eigenvalue weighted by atomic mass is 10.1. The van der Waals surface area contributed by atoms with Crippen molar-refractivity contribution in [1.29, 1.82) is 0 Å². The summed E-state index contributed by atoms with van der Waals surface area (Å²) in [5.41, 5.74) is 2.40. The predicted octanol–water partition coefficient (Wildman–Crippen LogP) is 4.41. The van der Waals surface area contributed by atoms with Crippen LogP contribution in [0.5, 0.6) is 0 Å². The SMILES string of the molecule is CCCNc1ccc(C2N=C(N3CCOCC3)c3nc(-c4cccc(NS(=O)(=O)CCCF)c4F)ccc3N2)cn1. The molecule has 0 aliphatic carbocycles. The highest BCUT2D eigenvalue weighted by molar-refractivity contribution is 7.92. The summed E-state index contributed by atoms with van der Waals surface area (Å²) in [6.45, 7) is 4.50. The Labute approximate surface area is 238 Å². The van der Waals surface area contributed by atoms with Gasteiger partial charge in [-0.25, -0.2) is 27.8 Å². The molecule has 1 unspecified atom stereocenters. The zero-order valence-electron chi connectivity index (χ0n) is 22.7. The summed E-state index contributed by atoms with van der Waals surface area (Å²) in [7, 11) is -3.90. The molecule has 2 aromatic heterocycles. The third-order valence-corrected chi connectivity index (χ3v) is 8.06. The number of sulfonamides is 1. The van der Waals surface area contributed by atoms with Crippen LogP contribution in [0.3, 0.4) is 0 Å². The third kappa shape index (κ3) is 6.73. The van der Waals surface area contributed by atoms with Crippen molar-refractivity contribution in [3.8, 4) is 11.3 Å². The maximum atomic E-state index is 15.6. The van der Waals surface area contributed by atoms with Gasteiger partial charge in [0, 0.05) is 37.0 Å². The number of aromatic nitrogens is 2. The van der Waals surface area contributed by atoms with Crippen molar-refractivity contribution in [3.63, 3.8) is 0 Å². The number of pyridine rings is 2. The van der Waals surface area contributed by atoms with E-state index in [0.29, 0.717) is 43.5 Å². The second-order valence-corrected chi connectivity index (χ2v) is 11.6. The van der Waals surface area contributed by atoms with Gasteiger partial charge in [0.1, 0.15) is 17.7 Å². The van der Waals surface area contributed by atoms with Crippen molar-refractivity contribution in [2.45, 2.75) is 25.9 Å². The van der Waals surface area contributed by atoms with Gasteiger partial charge in [0.15, 0.2) is 11.7 Å². The monoisotopic (exact) mass is 585 g/mol. The van der Waals surface area contributed by atoms with Gasteiger partial charge in [0.2, 0.25) is 10.0 Å². The molecule has 2 aliphatic rings. The topological polar surface area (TPSA) is 121 Å². The van der Waals surface area contributed by atoms with E-state index in [2.05, 4.69) is 32.2 Å². The third-order valence-electron chi connectivity index (χ3n) is 6.71. The highest BCUT2D eigenvalue weighted by Crippen LogP contribution is 2.34. The zero-order valence-corrected chi connectivity index (χ0v) is 23.6. The molecule has 0 radical (unpaired) electrons. The van der Waals surface area contributed by atoms with Crippen molar-refractivity contribution < 1.29 is 21.9 Å². The van der Waals surface area contributed by atoms with Crippen molar-refractivity contribution in [3.05, 3.63) is 65.7 Å². The number of nitrogens with one attached hydrogen (secondary N) is 3. The summed E-state index contributed by atoms with van der Waals surface area (Å²) in [5, 5.41) is 6.69. The largest absolute Gasteiger partial charge is 0.378 e. The zero-order chi connectivity index (χ0) is 28.8. The molecule has 3 aromatic rings. The molecular weight excluding hydrogens is 552 g/mol. The fourth-order valence-corrected chi connectivity index (χ4v) is 5.70.